The Morgan fingerprint density at radius 1 is 1.03 bits per heavy atom. The SMILES string of the molecule is COc1ccc(C=c2sc3n(c2=O)C(c2cccs2)C2=C(N=3)c3ccccc3CC2)cc1OC. The maximum absolute atomic E-state index is 13.7. The molecule has 4 aromatic rings. The van der Waals surface area contributed by atoms with Gasteiger partial charge < -0.3 is 9.47 Å². The standard InChI is InChI=1S/C27H22N2O3S2/c1-31-20-12-9-16(14-21(20)32-2)15-23-26(30)29-25(22-8-5-13-33-22)19-11-10-17-6-3-4-7-18(17)24(19)28-27(29)34-23/h3-9,12-15,25H,10-11H2,1-2H3. The van der Waals surface area contributed by atoms with E-state index in [4.69, 9.17) is 14.5 Å². The number of methoxy groups -OCH3 is 2. The smallest absolute Gasteiger partial charge is 0.271 e. The number of thiophene rings is 1. The van der Waals surface area contributed by atoms with Crippen molar-refractivity contribution in [1.29, 1.82) is 0 Å². The summed E-state index contributed by atoms with van der Waals surface area (Å²) in [4.78, 5) is 20.7. The molecule has 1 unspecified atom stereocenters. The van der Waals surface area contributed by atoms with Crippen molar-refractivity contribution in [1.82, 2.24) is 4.57 Å². The van der Waals surface area contributed by atoms with Crippen LogP contribution in [0.25, 0.3) is 11.8 Å². The van der Waals surface area contributed by atoms with Crippen molar-refractivity contribution in [3.63, 3.8) is 0 Å². The molecule has 7 heteroatoms. The first-order chi connectivity index (χ1) is 16.7. The molecule has 170 valence electrons. The van der Waals surface area contributed by atoms with Gasteiger partial charge in [0.25, 0.3) is 5.56 Å². The van der Waals surface area contributed by atoms with Crippen molar-refractivity contribution in [3.05, 3.63) is 107 Å². The van der Waals surface area contributed by atoms with Crippen LogP contribution in [0.2, 0.25) is 0 Å². The lowest BCUT2D eigenvalue weighted by molar-refractivity contribution is 0.355. The van der Waals surface area contributed by atoms with E-state index < -0.39 is 0 Å². The third kappa shape index (κ3) is 3.35. The summed E-state index contributed by atoms with van der Waals surface area (Å²) in [6, 6.07) is 18.2. The Kier molecular flexibility index (Phi) is 5.23. The summed E-state index contributed by atoms with van der Waals surface area (Å²) in [6.45, 7) is 0. The second-order valence-corrected chi connectivity index (χ2v) is 10.2. The van der Waals surface area contributed by atoms with Crippen molar-refractivity contribution in [2.75, 3.05) is 14.2 Å². The summed E-state index contributed by atoms with van der Waals surface area (Å²) < 4.78 is 13.3. The molecule has 0 saturated carbocycles. The van der Waals surface area contributed by atoms with Gasteiger partial charge in [-0.2, -0.15) is 0 Å². The summed E-state index contributed by atoms with van der Waals surface area (Å²) in [7, 11) is 3.22. The van der Waals surface area contributed by atoms with E-state index in [0.717, 1.165) is 28.9 Å². The first-order valence-corrected chi connectivity index (χ1v) is 12.8. The van der Waals surface area contributed by atoms with Crippen molar-refractivity contribution in [2.24, 2.45) is 4.99 Å². The van der Waals surface area contributed by atoms with E-state index in [1.165, 1.54) is 32.9 Å². The fraction of sp³-hybridized carbons (Fsp3) is 0.185. The lowest BCUT2D eigenvalue weighted by Crippen LogP contribution is -2.38. The monoisotopic (exact) mass is 486 g/mol. The number of hydrogen-bond donors (Lipinski definition) is 0. The number of ether oxygens (including phenoxy) is 2. The number of aromatic nitrogens is 1. The molecule has 1 aliphatic heterocycles. The van der Waals surface area contributed by atoms with Crippen LogP contribution in [0.1, 0.15) is 34.0 Å². The number of allylic oxidation sites excluding steroid dienone is 1. The van der Waals surface area contributed by atoms with Gasteiger partial charge in [-0.05, 0) is 59.2 Å². The number of thiazole rings is 1. The molecule has 0 spiro atoms. The Morgan fingerprint density at radius 3 is 2.68 bits per heavy atom. The number of rotatable bonds is 4. The minimum atomic E-state index is -0.118. The van der Waals surface area contributed by atoms with Crippen LogP contribution in [0.4, 0.5) is 0 Å². The van der Waals surface area contributed by atoms with E-state index in [0.29, 0.717) is 16.0 Å². The minimum Gasteiger partial charge on any atom is -0.493 e. The van der Waals surface area contributed by atoms with Gasteiger partial charge in [0.15, 0.2) is 16.3 Å². The number of benzene rings is 2. The predicted molar refractivity (Wildman–Crippen MR) is 137 cm³/mol. The lowest BCUT2D eigenvalue weighted by atomic mass is 9.85. The van der Waals surface area contributed by atoms with Gasteiger partial charge in [0.1, 0.15) is 0 Å². The van der Waals surface area contributed by atoms with Gasteiger partial charge in [-0.1, -0.05) is 47.7 Å². The fourth-order valence-electron chi connectivity index (χ4n) is 4.81. The van der Waals surface area contributed by atoms with Crippen LogP contribution in [-0.4, -0.2) is 18.8 Å². The first kappa shape index (κ1) is 21.1. The van der Waals surface area contributed by atoms with Crippen LogP contribution in [0.15, 0.2) is 75.3 Å². The molecular weight excluding hydrogens is 464 g/mol. The molecule has 2 aromatic heterocycles. The summed E-state index contributed by atoms with van der Waals surface area (Å²) in [6.07, 6.45) is 3.77. The molecule has 0 saturated heterocycles. The van der Waals surface area contributed by atoms with E-state index in [1.54, 1.807) is 25.6 Å². The average Bonchev–Trinajstić information content (AvgIpc) is 3.51. The molecule has 34 heavy (non-hydrogen) atoms. The van der Waals surface area contributed by atoms with Gasteiger partial charge in [0, 0.05) is 10.4 Å². The number of nitrogens with zero attached hydrogens (tertiary/aromatic N) is 2. The topological polar surface area (TPSA) is 52.8 Å². The Morgan fingerprint density at radius 2 is 1.88 bits per heavy atom. The van der Waals surface area contributed by atoms with Crippen molar-refractivity contribution >= 4 is 34.4 Å². The lowest BCUT2D eigenvalue weighted by Gasteiger charge is -2.30. The molecule has 1 atom stereocenters. The zero-order valence-corrected chi connectivity index (χ0v) is 20.4. The Bertz CT molecular complexity index is 1610. The molecule has 0 amide bonds. The highest BCUT2D eigenvalue weighted by Crippen LogP contribution is 2.42. The van der Waals surface area contributed by atoms with Gasteiger partial charge in [-0.15, -0.1) is 11.3 Å². The molecule has 3 heterocycles. The van der Waals surface area contributed by atoms with Crippen LogP contribution >= 0.6 is 22.7 Å². The van der Waals surface area contributed by atoms with Gasteiger partial charge in [0.05, 0.1) is 30.5 Å². The molecule has 6 rings (SSSR count). The van der Waals surface area contributed by atoms with Crippen LogP contribution in [0, 0.1) is 0 Å². The van der Waals surface area contributed by atoms with Gasteiger partial charge >= 0.3 is 0 Å². The number of hydrogen-bond acceptors (Lipinski definition) is 6. The highest BCUT2D eigenvalue weighted by atomic mass is 32.1. The normalized spacial score (nSPS) is 17.0. The molecule has 0 N–H and O–H groups in total. The van der Waals surface area contributed by atoms with E-state index >= 15 is 0 Å². The fourth-order valence-corrected chi connectivity index (χ4v) is 6.66. The van der Waals surface area contributed by atoms with Crippen LogP contribution in [-0.2, 0) is 6.42 Å². The maximum atomic E-state index is 13.7. The molecule has 2 aliphatic rings. The molecule has 2 aromatic carbocycles. The van der Waals surface area contributed by atoms with Crippen LogP contribution < -0.4 is 24.4 Å². The van der Waals surface area contributed by atoms with Gasteiger partial charge in [0.2, 0.25) is 0 Å². The van der Waals surface area contributed by atoms with Crippen LogP contribution in [0.3, 0.4) is 0 Å². The van der Waals surface area contributed by atoms with E-state index in [9.17, 15) is 4.79 Å². The maximum Gasteiger partial charge on any atom is 0.271 e. The zero-order chi connectivity index (χ0) is 23.2. The third-order valence-corrected chi connectivity index (χ3v) is 8.30. The quantitative estimate of drug-likeness (QED) is 0.430. The second-order valence-electron chi connectivity index (χ2n) is 8.24. The van der Waals surface area contributed by atoms with Crippen molar-refractivity contribution in [2.45, 2.75) is 18.9 Å². The van der Waals surface area contributed by atoms with E-state index in [2.05, 4.69) is 41.8 Å². The molecule has 0 bridgehead atoms. The van der Waals surface area contributed by atoms with Crippen LogP contribution in [0.5, 0.6) is 11.5 Å². The third-order valence-electron chi connectivity index (χ3n) is 6.39. The largest absolute Gasteiger partial charge is 0.493 e. The molecule has 0 fully saturated rings. The zero-order valence-electron chi connectivity index (χ0n) is 18.8. The van der Waals surface area contributed by atoms with E-state index in [-0.39, 0.29) is 11.6 Å². The molecular formula is C27H22N2O3S2. The minimum absolute atomic E-state index is 0.0117. The van der Waals surface area contributed by atoms with Gasteiger partial charge in [-0.25, -0.2) is 4.99 Å². The highest BCUT2D eigenvalue weighted by molar-refractivity contribution is 7.10. The second kappa shape index (κ2) is 8.42. The summed E-state index contributed by atoms with van der Waals surface area (Å²) in [5, 5.41) is 2.08. The summed E-state index contributed by atoms with van der Waals surface area (Å²) in [5.41, 5.74) is 5.62. The van der Waals surface area contributed by atoms with Gasteiger partial charge in [-0.3, -0.25) is 9.36 Å². The van der Waals surface area contributed by atoms with E-state index in [1.807, 2.05) is 28.8 Å². The predicted octanol–water partition coefficient (Wildman–Crippen LogP) is 4.40. The number of aryl methyl sites for hydroxylation is 1. The first-order valence-electron chi connectivity index (χ1n) is 11.1. The average molecular weight is 487 g/mol. The highest BCUT2D eigenvalue weighted by Gasteiger charge is 2.32. The molecule has 5 nitrogen and oxygen atoms in total. The summed E-state index contributed by atoms with van der Waals surface area (Å²) >= 11 is 3.13. The molecule has 1 aliphatic carbocycles. The Balaban J connectivity index is 1.57. The summed E-state index contributed by atoms with van der Waals surface area (Å²) in [5.74, 6) is 1.29. The Labute approximate surface area is 204 Å². The van der Waals surface area contributed by atoms with Crippen molar-refractivity contribution in [3.8, 4) is 11.5 Å². The molecule has 0 radical (unpaired) electrons. The Hall–Kier alpha value is -3.42. The van der Waals surface area contributed by atoms with Crippen molar-refractivity contribution < 1.29 is 9.47 Å². The number of fused-ring (bicyclic) bond motifs is 3.